The minimum absolute atomic E-state index is 0.161. The highest BCUT2D eigenvalue weighted by Crippen LogP contribution is 2.22. The monoisotopic (exact) mass is 333 g/mol. The first-order chi connectivity index (χ1) is 10.8. The first-order valence-electron chi connectivity index (χ1n) is 7.07. The second-order valence-electron chi connectivity index (χ2n) is 5.64. The van der Waals surface area contributed by atoms with Gasteiger partial charge in [0.1, 0.15) is 0 Å². The summed E-state index contributed by atoms with van der Waals surface area (Å²) in [5, 5.41) is 15.9. The Balaban J connectivity index is 1.95. The molecule has 0 saturated carbocycles. The second kappa shape index (κ2) is 6.87. The van der Waals surface area contributed by atoms with Crippen LogP contribution in [0, 0.1) is 6.92 Å². The first kappa shape index (κ1) is 17.1. The van der Waals surface area contributed by atoms with Crippen molar-refractivity contribution in [2.75, 3.05) is 11.1 Å². The number of hydrogen-bond acceptors (Lipinski definition) is 4. The Kier molecular flexibility index (Phi) is 5.10. The molecule has 0 bridgehead atoms. The molecule has 2 N–H and O–H groups in total. The molecule has 0 atom stereocenters. The van der Waals surface area contributed by atoms with Crippen LogP contribution in [0.1, 0.15) is 19.4 Å². The third kappa shape index (κ3) is 4.13. The summed E-state index contributed by atoms with van der Waals surface area (Å²) < 4.78 is 1.32. The topological polar surface area (TPSA) is 84.2 Å². The van der Waals surface area contributed by atoms with Gasteiger partial charge >= 0.3 is 5.97 Å². The van der Waals surface area contributed by atoms with E-state index in [1.54, 1.807) is 13.8 Å². The SMILES string of the molecule is Cc1ccccc1SCC(=O)Nc1cnn(C(C)(C)C(=O)O)c1. The predicted molar refractivity (Wildman–Crippen MR) is 89.7 cm³/mol. The van der Waals surface area contributed by atoms with E-state index < -0.39 is 11.5 Å². The Morgan fingerprint density at radius 1 is 1.35 bits per heavy atom. The van der Waals surface area contributed by atoms with Gasteiger partial charge in [-0.15, -0.1) is 11.8 Å². The van der Waals surface area contributed by atoms with Crippen molar-refractivity contribution in [3.63, 3.8) is 0 Å². The average molecular weight is 333 g/mol. The molecule has 1 heterocycles. The van der Waals surface area contributed by atoms with E-state index in [1.165, 1.54) is 28.8 Å². The molecule has 0 spiro atoms. The fourth-order valence-corrected chi connectivity index (χ4v) is 2.68. The maximum Gasteiger partial charge on any atom is 0.331 e. The van der Waals surface area contributed by atoms with Crippen LogP contribution in [0.2, 0.25) is 0 Å². The number of rotatable bonds is 6. The minimum Gasteiger partial charge on any atom is -0.479 e. The number of nitrogens with zero attached hydrogens (tertiary/aromatic N) is 2. The van der Waals surface area contributed by atoms with Crippen molar-refractivity contribution in [3.05, 3.63) is 42.2 Å². The van der Waals surface area contributed by atoms with Gasteiger partial charge in [-0.2, -0.15) is 5.10 Å². The fourth-order valence-electron chi connectivity index (χ4n) is 1.85. The molecule has 6 nitrogen and oxygen atoms in total. The standard InChI is InChI=1S/C16H19N3O3S/c1-11-6-4-5-7-13(11)23-10-14(20)18-12-8-17-19(9-12)16(2,3)15(21)22/h4-9H,10H2,1-3H3,(H,18,20)(H,21,22). The second-order valence-corrected chi connectivity index (χ2v) is 6.66. The normalized spacial score (nSPS) is 11.3. The van der Waals surface area contributed by atoms with E-state index in [4.69, 9.17) is 0 Å². The Hall–Kier alpha value is -2.28. The third-order valence-electron chi connectivity index (χ3n) is 3.41. The zero-order valence-electron chi connectivity index (χ0n) is 13.2. The lowest BCUT2D eigenvalue weighted by Gasteiger charge is -2.19. The predicted octanol–water partition coefficient (Wildman–Crippen LogP) is 2.74. The van der Waals surface area contributed by atoms with E-state index in [0.717, 1.165) is 10.5 Å². The van der Waals surface area contributed by atoms with E-state index in [-0.39, 0.29) is 11.7 Å². The summed E-state index contributed by atoms with van der Waals surface area (Å²) in [6.07, 6.45) is 2.96. The molecule has 0 unspecified atom stereocenters. The van der Waals surface area contributed by atoms with E-state index >= 15 is 0 Å². The van der Waals surface area contributed by atoms with Crippen LogP contribution in [-0.2, 0) is 15.1 Å². The van der Waals surface area contributed by atoms with Gasteiger partial charge in [0.2, 0.25) is 5.91 Å². The van der Waals surface area contributed by atoms with Gasteiger partial charge < -0.3 is 10.4 Å². The van der Waals surface area contributed by atoms with Crippen LogP contribution in [0.5, 0.6) is 0 Å². The van der Waals surface area contributed by atoms with Gasteiger partial charge in [0.25, 0.3) is 0 Å². The van der Waals surface area contributed by atoms with Gasteiger partial charge in [-0.25, -0.2) is 4.79 Å². The summed E-state index contributed by atoms with van der Waals surface area (Å²) in [7, 11) is 0. The number of thioether (sulfide) groups is 1. The summed E-state index contributed by atoms with van der Waals surface area (Å²) in [4.78, 5) is 24.3. The molecule has 2 aromatic rings. The highest BCUT2D eigenvalue weighted by Gasteiger charge is 2.30. The molecule has 0 saturated heterocycles. The number of carbonyl (C=O) groups is 2. The molecule has 23 heavy (non-hydrogen) atoms. The maximum absolute atomic E-state index is 12.0. The quantitative estimate of drug-likeness (QED) is 0.794. The zero-order valence-corrected chi connectivity index (χ0v) is 14.1. The number of nitrogens with one attached hydrogen (secondary N) is 1. The summed E-state index contributed by atoms with van der Waals surface area (Å²) in [6.45, 7) is 5.09. The number of amides is 1. The Morgan fingerprint density at radius 2 is 2.04 bits per heavy atom. The minimum atomic E-state index is -1.17. The number of benzene rings is 1. The van der Waals surface area contributed by atoms with Crippen molar-refractivity contribution in [2.24, 2.45) is 0 Å². The summed E-state index contributed by atoms with van der Waals surface area (Å²) in [5.41, 5.74) is 0.440. The van der Waals surface area contributed by atoms with Crippen LogP contribution in [0.3, 0.4) is 0 Å². The highest BCUT2D eigenvalue weighted by molar-refractivity contribution is 8.00. The van der Waals surface area contributed by atoms with Crippen LogP contribution in [0.25, 0.3) is 0 Å². The Morgan fingerprint density at radius 3 is 2.70 bits per heavy atom. The maximum atomic E-state index is 12.0. The number of carboxylic acids is 1. The van der Waals surface area contributed by atoms with E-state index in [1.807, 2.05) is 31.2 Å². The number of aromatic nitrogens is 2. The van der Waals surface area contributed by atoms with Crippen LogP contribution in [0.15, 0.2) is 41.6 Å². The highest BCUT2D eigenvalue weighted by atomic mass is 32.2. The van der Waals surface area contributed by atoms with Gasteiger partial charge in [-0.3, -0.25) is 9.48 Å². The lowest BCUT2D eigenvalue weighted by atomic mass is 10.1. The van der Waals surface area contributed by atoms with Crippen molar-refractivity contribution in [2.45, 2.75) is 31.2 Å². The van der Waals surface area contributed by atoms with Crippen LogP contribution in [-0.4, -0.2) is 32.5 Å². The molecule has 0 aliphatic carbocycles. The number of aryl methyl sites for hydroxylation is 1. The number of hydrogen-bond donors (Lipinski definition) is 2. The Labute approximate surface area is 138 Å². The molecule has 122 valence electrons. The Bertz CT molecular complexity index is 725. The largest absolute Gasteiger partial charge is 0.479 e. The van der Waals surface area contributed by atoms with Gasteiger partial charge in [0.15, 0.2) is 5.54 Å². The smallest absolute Gasteiger partial charge is 0.331 e. The molecule has 0 aliphatic rings. The number of carboxylic acid groups (broad SMARTS) is 1. The van der Waals surface area contributed by atoms with E-state index in [9.17, 15) is 14.7 Å². The van der Waals surface area contributed by atoms with E-state index in [0.29, 0.717) is 5.69 Å². The molecule has 2 rings (SSSR count). The molecular formula is C16H19N3O3S. The molecule has 7 heteroatoms. The molecule has 0 aliphatic heterocycles. The van der Waals surface area contributed by atoms with Gasteiger partial charge in [0, 0.05) is 11.1 Å². The summed E-state index contributed by atoms with van der Waals surface area (Å²) >= 11 is 1.46. The average Bonchev–Trinajstić information content (AvgIpc) is 2.95. The first-order valence-corrected chi connectivity index (χ1v) is 8.06. The molecule has 1 aromatic heterocycles. The zero-order chi connectivity index (χ0) is 17.0. The van der Waals surface area contributed by atoms with Crippen molar-refractivity contribution in [1.82, 2.24) is 9.78 Å². The van der Waals surface area contributed by atoms with Gasteiger partial charge in [-0.1, -0.05) is 18.2 Å². The van der Waals surface area contributed by atoms with Crippen molar-refractivity contribution >= 4 is 29.3 Å². The lowest BCUT2D eigenvalue weighted by Crippen LogP contribution is -2.35. The van der Waals surface area contributed by atoms with Gasteiger partial charge in [-0.05, 0) is 32.4 Å². The molecule has 0 fully saturated rings. The van der Waals surface area contributed by atoms with E-state index in [2.05, 4.69) is 10.4 Å². The summed E-state index contributed by atoms with van der Waals surface area (Å²) in [6, 6.07) is 7.86. The van der Waals surface area contributed by atoms with Gasteiger partial charge in [0.05, 0.1) is 17.6 Å². The number of carbonyl (C=O) groups excluding carboxylic acids is 1. The molecule has 1 aromatic carbocycles. The lowest BCUT2D eigenvalue weighted by molar-refractivity contribution is -0.146. The van der Waals surface area contributed by atoms with Crippen molar-refractivity contribution < 1.29 is 14.7 Å². The molecular weight excluding hydrogens is 314 g/mol. The number of anilines is 1. The molecule has 0 radical (unpaired) electrons. The number of aliphatic carboxylic acids is 1. The van der Waals surface area contributed by atoms with Crippen LogP contribution < -0.4 is 5.32 Å². The van der Waals surface area contributed by atoms with Crippen molar-refractivity contribution in [3.8, 4) is 0 Å². The van der Waals surface area contributed by atoms with Crippen molar-refractivity contribution in [1.29, 1.82) is 0 Å². The third-order valence-corrected chi connectivity index (χ3v) is 4.59. The molecule has 1 amide bonds. The fraction of sp³-hybridized carbons (Fsp3) is 0.312. The van der Waals surface area contributed by atoms with Crippen LogP contribution >= 0.6 is 11.8 Å². The van der Waals surface area contributed by atoms with Crippen LogP contribution in [0.4, 0.5) is 5.69 Å². The summed E-state index contributed by atoms with van der Waals surface area (Å²) in [5.74, 6) is -0.877.